The van der Waals surface area contributed by atoms with Crippen molar-refractivity contribution in [1.82, 2.24) is 14.5 Å². The fraction of sp³-hybridized carbons (Fsp3) is 0.500. The van der Waals surface area contributed by atoms with Gasteiger partial charge < -0.3 is 14.6 Å². The SMILES string of the molecule is Cn1cncc1C(=O)N1CCC(O)(c2ccccc2)[C@H]2CCCC[C@H]21. The zero-order chi connectivity index (χ0) is 17.4. The number of carbonyl (C=O) groups is 1. The number of aliphatic hydroxyl groups is 1. The number of fused-ring (bicyclic) bond motifs is 1. The van der Waals surface area contributed by atoms with Gasteiger partial charge in [-0.25, -0.2) is 4.98 Å². The van der Waals surface area contributed by atoms with Crippen LogP contribution < -0.4 is 0 Å². The fourth-order valence-corrected chi connectivity index (χ4v) is 4.73. The Kier molecular flexibility index (Phi) is 4.12. The van der Waals surface area contributed by atoms with Crippen molar-refractivity contribution < 1.29 is 9.90 Å². The molecule has 1 N–H and O–H groups in total. The van der Waals surface area contributed by atoms with Crippen LogP contribution in [0.5, 0.6) is 0 Å². The maximum Gasteiger partial charge on any atom is 0.272 e. The normalized spacial score (nSPS) is 29.3. The van der Waals surface area contributed by atoms with E-state index >= 15 is 0 Å². The number of hydrogen-bond acceptors (Lipinski definition) is 3. The smallest absolute Gasteiger partial charge is 0.272 e. The quantitative estimate of drug-likeness (QED) is 0.915. The van der Waals surface area contributed by atoms with Gasteiger partial charge in [-0.15, -0.1) is 0 Å². The second-order valence-electron chi connectivity index (χ2n) is 7.39. The topological polar surface area (TPSA) is 58.4 Å². The minimum Gasteiger partial charge on any atom is -0.385 e. The fourth-order valence-electron chi connectivity index (χ4n) is 4.73. The standard InChI is InChI=1S/C20H25N3O2/c1-22-14-21-13-18(22)19(24)23-12-11-20(25,15-7-3-2-4-8-15)16-9-5-6-10-17(16)23/h2-4,7-8,13-14,16-17,25H,5-6,9-12H2,1H3/t16-,17+,20?/m0/s1. The molecule has 0 bridgehead atoms. The first-order valence-corrected chi connectivity index (χ1v) is 9.16. The molecular weight excluding hydrogens is 314 g/mol. The number of hydrogen-bond donors (Lipinski definition) is 1. The van der Waals surface area contributed by atoms with Crippen LogP contribution in [0, 0.1) is 5.92 Å². The van der Waals surface area contributed by atoms with Gasteiger partial charge in [0.05, 0.1) is 18.1 Å². The van der Waals surface area contributed by atoms with E-state index in [2.05, 4.69) is 4.98 Å². The van der Waals surface area contributed by atoms with Gasteiger partial charge in [0.25, 0.3) is 5.91 Å². The summed E-state index contributed by atoms with van der Waals surface area (Å²) in [5.41, 5.74) is 0.768. The Balaban J connectivity index is 1.67. The second kappa shape index (κ2) is 6.30. The van der Waals surface area contributed by atoms with Gasteiger partial charge in [0.1, 0.15) is 5.69 Å². The van der Waals surface area contributed by atoms with E-state index in [1.807, 2.05) is 42.3 Å². The van der Waals surface area contributed by atoms with Gasteiger partial charge >= 0.3 is 0 Å². The summed E-state index contributed by atoms with van der Waals surface area (Å²) >= 11 is 0. The minimum absolute atomic E-state index is 0.0343. The molecule has 1 aromatic heterocycles. The van der Waals surface area contributed by atoms with Gasteiger partial charge in [0.2, 0.25) is 0 Å². The molecule has 0 spiro atoms. The lowest BCUT2D eigenvalue weighted by atomic mass is 9.66. The molecule has 25 heavy (non-hydrogen) atoms. The molecule has 1 amide bonds. The van der Waals surface area contributed by atoms with Crippen LogP contribution in [-0.2, 0) is 12.6 Å². The Morgan fingerprint density at radius 1 is 1.24 bits per heavy atom. The summed E-state index contributed by atoms with van der Waals surface area (Å²) in [6, 6.07) is 10.1. The summed E-state index contributed by atoms with van der Waals surface area (Å²) < 4.78 is 1.78. The number of amides is 1. The molecule has 1 aliphatic heterocycles. The minimum atomic E-state index is -0.838. The Hall–Kier alpha value is -2.14. The van der Waals surface area contributed by atoms with Crippen LogP contribution in [0.4, 0.5) is 0 Å². The molecule has 1 aliphatic carbocycles. The van der Waals surface area contributed by atoms with Crippen LogP contribution in [0.25, 0.3) is 0 Å². The van der Waals surface area contributed by atoms with Gasteiger partial charge in [-0.2, -0.15) is 0 Å². The van der Waals surface area contributed by atoms with E-state index in [0.717, 1.165) is 31.2 Å². The van der Waals surface area contributed by atoms with Crippen LogP contribution in [-0.4, -0.2) is 38.1 Å². The molecule has 3 atom stereocenters. The number of aromatic nitrogens is 2. The van der Waals surface area contributed by atoms with Crippen LogP contribution in [0.15, 0.2) is 42.9 Å². The third-order valence-corrected chi connectivity index (χ3v) is 6.05. The molecule has 2 aromatic rings. The maximum absolute atomic E-state index is 13.1. The molecular formula is C20H25N3O2. The molecule has 5 heteroatoms. The molecule has 5 nitrogen and oxygen atoms in total. The molecule has 0 radical (unpaired) electrons. The van der Waals surface area contributed by atoms with Crippen molar-refractivity contribution in [1.29, 1.82) is 0 Å². The molecule has 1 unspecified atom stereocenters. The number of piperidine rings is 1. The van der Waals surface area contributed by atoms with E-state index in [0.29, 0.717) is 18.7 Å². The van der Waals surface area contributed by atoms with Crippen LogP contribution in [0.2, 0.25) is 0 Å². The number of rotatable bonds is 2. The lowest BCUT2D eigenvalue weighted by Crippen LogP contribution is -2.59. The van der Waals surface area contributed by atoms with Crippen molar-refractivity contribution in [3.05, 3.63) is 54.1 Å². The summed E-state index contributed by atoms with van der Waals surface area (Å²) in [5, 5.41) is 11.6. The Labute approximate surface area is 148 Å². The van der Waals surface area contributed by atoms with E-state index in [-0.39, 0.29) is 17.9 Å². The van der Waals surface area contributed by atoms with Crippen LogP contribution in [0.1, 0.15) is 48.2 Å². The zero-order valence-corrected chi connectivity index (χ0v) is 14.6. The second-order valence-corrected chi connectivity index (χ2v) is 7.39. The van der Waals surface area contributed by atoms with Crippen molar-refractivity contribution in [3.8, 4) is 0 Å². The molecule has 1 saturated heterocycles. The van der Waals surface area contributed by atoms with Crippen LogP contribution in [0.3, 0.4) is 0 Å². The lowest BCUT2D eigenvalue weighted by Gasteiger charge is -2.52. The highest BCUT2D eigenvalue weighted by Crippen LogP contribution is 2.47. The van der Waals surface area contributed by atoms with E-state index < -0.39 is 5.60 Å². The summed E-state index contributed by atoms with van der Waals surface area (Å²) in [6.07, 6.45) is 8.04. The van der Waals surface area contributed by atoms with Gasteiger partial charge in [-0.1, -0.05) is 43.2 Å². The summed E-state index contributed by atoms with van der Waals surface area (Å²) in [6.45, 7) is 0.580. The van der Waals surface area contributed by atoms with E-state index in [9.17, 15) is 9.90 Å². The number of aryl methyl sites for hydroxylation is 1. The first kappa shape index (κ1) is 16.3. The maximum atomic E-state index is 13.1. The number of imidazole rings is 1. The largest absolute Gasteiger partial charge is 0.385 e. The lowest BCUT2D eigenvalue weighted by molar-refractivity contribution is -0.110. The number of benzene rings is 1. The van der Waals surface area contributed by atoms with E-state index in [4.69, 9.17) is 0 Å². The molecule has 1 saturated carbocycles. The van der Waals surface area contributed by atoms with Crippen molar-refractivity contribution in [2.24, 2.45) is 13.0 Å². The van der Waals surface area contributed by atoms with Gasteiger partial charge in [-0.3, -0.25) is 4.79 Å². The highest BCUT2D eigenvalue weighted by molar-refractivity contribution is 5.92. The first-order chi connectivity index (χ1) is 12.1. The Bertz CT molecular complexity index is 757. The average molecular weight is 339 g/mol. The van der Waals surface area contributed by atoms with Gasteiger partial charge in [-0.05, 0) is 24.8 Å². The molecule has 2 heterocycles. The molecule has 132 valence electrons. The third-order valence-electron chi connectivity index (χ3n) is 6.05. The monoisotopic (exact) mass is 339 g/mol. The van der Waals surface area contributed by atoms with E-state index in [1.165, 1.54) is 0 Å². The molecule has 4 rings (SSSR count). The van der Waals surface area contributed by atoms with Gasteiger partial charge in [0, 0.05) is 25.6 Å². The first-order valence-electron chi connectivity index (χ1n) is 9.16. The molecule has 2 fully saturated rings. The number of nitrogens with zero attached hydrogens (tertiary/aromatic N) is 3. The van der Waals surface area contributed by atoms with Crippen molar-refractivity contribution in [3.63, 3.8) is 0 Å². The van der Waals surface area contributed by atoms with Gasteiger partial charge in [0.15, 0.2) is 0 Å². The highest BCUT2D eigenvalue weighted by atomic mass is 16.3. The highest BCUT2D eigenvalue weighted by Gasteiger charge is 2.50. The van der Waals surface area contributed by atoms with Crippen molar-refractivity contribution in [2.45, 2.75) is 43.7 Å². The predicted molar refractivity (Wildman–Crippen MR) is 94.9 cm³/mol. The van der Waals surface area contributed by atoms with Crippen molar-refractivity contribution >= 4 is 5.91 Å². The average Bonchev–Trinajstić information content (AvgIpc) is 3.08. The zero-order valence-electron chi connectivity index (χ0n) is 14.6. The third kappa shape index (κ3) is 2.67. The number of likely N-dealkylation sites (tertiary alicyclic amines) is 1. The summed E-state index contributed by atoms with van der Waals surface area (Å²) in [4.78, 5) is 19.1. The van der Waals surface area contributed by atoms with Crippen molar-refractivity contribution in [2.75, 3.05) is 6.54 Å². The predicted octanol–water partition coefficient (Wildman–Crippen LogP) is 2.71. The Morgan fingerprint density at radius 3 is 2.72 bits per heavy atom. The summed E-state index contributed by atoms with van der Waals surface area (Å²) in [5.74, 6) is 0.126. The van der Waals surface area contributed by atoms with E-state index in [1.54, 1.807) is 17.1 Å². The number of carbonyl (C=O) groups excluding carboxylic acids is 1. The summed E-state index contributed by atoms with van der Waals surface area (Å²) in [7, 11) is 1.85. The molecule has 1 aromatic carbocycles. The van der Waals surface area contributed by atoms with Crippen LogP contribution >= 0.6 is 0 Å². The molecule has 2 aliphatic rings. The Morgan fingerprint density at radius 2 is 2.00 bits per heavy atom.